The summed E-state index contributed by atoms with van der Waals surface area (Å²) in [6.07, 6.45) is 8.48. The van der Waals surface area contributed by atoms with Crippen molar-refractivity contribution in [2.24, 2.45) is 0 Å². The van der Waals surface area contributed by atoms with Gasteiger partial charge in [0, 0.05) is 49.9 Å². The van der Waals surface area contributed by atoms with Crippen LogP contribution < -0.4 is 15.4 Å². The van der Waals surface area contributed by atoms with E-state index in [0.717, 1.165) is 39.5 Å². The third-order valence-electron chi connectivity index (χ3n) is 5.08. The van der Waals surface area contributed by atoms with Crippen LogP contribution in [-0.4, -0.2) is 31.6 Å². The van der Waals surface area contributed by atoms with Crippen molar-refractivity contribution in [2.45, 2.75) is 13.0 Å². The maximum Gasteiger partial charge on any atom is 0.138 e. The van der Waals surface area contributed by atoms with Crippen molar-refractivity contribution in [2.75, 3.05) is 20.6 Å². The second-order valence-electron chi connectivity index (χ2n) is 7.83. The Labute approximate surface area is 190 Å². The number of hydrogen-bond acceptors (Lipinski definition) is 4. The van der Waals surface area contributed by atoms with Gasteiger partial charge in [0.25, 0.3) is 0 Å². The quantitative estimate of drug-likeness (QED) is 0.494. The molecule has 32 heavy (non-hydrogen) atoms. The smallest absolute Gasteiger partial charge is 0.138 e. The maximum atomic E-state index is 13.1. The summed E-state index contributed by atoms with van der Waals surface area (Å²) in [6, 6.07) is 13.9. The molecule has 0 saturated carbocycles. The summed E-state index contributed by atoms with van der Waals surface area (Å²) in [5, 5.41) is 6.32. The fourth-order valence-corrected chi connectivity index (χ4v) is 3.40. The monoisotopic (exact) mass is 431 g/mol. The Morgan fingerprint density at radius 1 is 1.25 bits per heavy atom. The minimum atomic E-state index is -0.276. The van der Waals surface area contributed by atoms with Gasteiger partial charge in [-0.15, -0.1) is 0 Å². The Bertz CT molecular complexity index is 1080. The van der Waals surface area contributed by atoms with E-state index in [9.17, 15) is 4.39 Å². The Morgan fingerprint density at radius 3 is 2.72 bits per heavy atom. The number of allylic oxidation sites excluding steroid dienone is 4. The van der Waals surface area contributed by atoms with E-state index in [1.807, 2.05) is 80.7 Å². The van der Waals surface area contributed by atoms with Crippen molar-refractivity contribution >= 4 is 11.3 Å². The van der Waals surface area contributed by atoms with Gasteiger partial charge in [-0.2, -0.15) is 0 Å². The van der Waals surface area contributed by atoms with Gasteiger partial charge in [-0.05, 0) is 42.3 Å². The van der Waals surface area contributed by atoms with Crippen LogP contribution in [0.15, 0.2) is 92.1 Å². The van der Waals surface area contributed by atoms with Crippen LogP contribution >= 0.6 is 0 Å². The van der Waals surface area contributed by atoms with Gasteiger partial charge >= 0.3 is 0 Å². The van der Waals surface area contributed by atoms with E-state index in [-0.39, 0.29) is 11.9 Å². The summed E-state index contributed by atoms with van der Waals surface area (Å²) < 4.78 is 19.3. The molecule has 2 aromatic carbocycles. The van der Waals surface area contributed by atoms with Crippen LogP contribution in [0.4, 0.5) is 4.39 Å². The highest BCUT2D eigenvalue weighted by molar-refractivity contribution is 5.74. The molecule has 2 aromatic rings. The number of dihydropyridines is 1. The Morgan fingerprint density at radius 2 is 2.03 bits per heavy atom. The first-order chi connectivity index (χ1) is 15.4. The van der Waals surface area contributed by atoms with Gasteiger partial charge in [0.1, 0.15) is 17.3 Å². The molecule has 0 aromatic heterocycles. The molecule has 1 aliphatic rings. The highest BCUT2D eigenvalue weighted by Gasteiger charge is 2.12. The van der Waals surface area contributed by atoms with E-state index in [2.05, 4.69) is 23.8 Å². The molecular formula is C27H30FN3O. The van der Waals surface area contributed by atoms with Gasteiger partial charge in [0.2, 0.25) is 0 Å². The standard InChI is InChI=1S/C27H30FN3O/c1-6-21(18-31(4)5)22-9-7-10-25(15-22)32-27-12-8-11-26(19(27)2)20(3)29-17-24-14-13-23(28)16-30-24/h6-16,18,24,29-30H,1,3,17H2,2,4-5H3/b21-18+. The molecule has 0 saturated heterocycles. The van der Waals surface area contributed by atoms with Gasteiger partial charge in [-0.3, -0.25) is 0 Å². The van der Waals surface area contributed by atoms with Crippen molar-refractivity contribution in [3.05, 3.63) is 109 Å². The molecule has 4 nitrogen and oxygen atoms in total. The summed E-state index contributed by atoms with van der Waals surface area (Å²) in [7, 11) is 3.96. The van der Waals surface area contributed by atoms with Crippen molar-refractivity contribution < 1.29 is 9.13 Å². The minimum Gasteiger partial charge on any atom is -0.457 e. The lowest BCUT2D eigenvalue weighted by Crippen LogP contribution is -2.35. The molecule has 5 heteroatoms. The minimum absolute atomic E-state index is 0.00278. The Kier molecular flexibility index (Phi) is 7.55. The summed E-state index contributed by atoms with van der Waals surface area (Å²) in [4.78, 5) is 1.99. The molecule has 0 radical (unpaired) electrons. The van der Waals surface area contributed by atoms with E-state index in [0.29, 0.717) is 6.54 Å². The fraction of sp³-hybridized carbons (Fsp3) is 0.185. The van der Waals surface area contributed by atoms with E-state index in [4.69, 9.17) is 4.74 Å². The molecule has 0 fully saturated rings. The van der Waals surface area contributed by atoms with Crippen molar-refractivity contribution in [3.63, 3.8) is 0 Å². The molecule has 0 aliphatic carbocycles. The number of hydrogen-bond donors (Lipinski definition) is 2. The molecule has 3 rings (SSSR count). The molecule has 2 N–H and O–H groups in total. The molecule has 1 aliphatic heterocycles. The number of nitrogens with zero attached hydrogens (tertiary/aromatic N) is 1. The zero-order chi connectivity index (χ0) is 23.1. The molecule has 1 atom stereocenters. The number of nitrogens with one attached hydrogen (secondary N) is 2. The molecule has 0 amide bonds. The Hall–Kier alpha value is -3.73. The second-order valence-corrected chi connectivity index (χ2v) is 7.83. The van der Waals surface area contributed by atoms with E-state index in [1.54, 1.807) is 6.08 Å². The largest absolute Gasteiger partial charge is 0.457 e. The second kappa shape index (κ2) is 10.5. The first-order valence-electron chi connectivity index (χ1n) is 10.5. The van der Waals surface area contributed by atoms with Gasteiger partial charge < -0.3 is 20.3 Å². The van der Waals surface area contributed by atoms with Crippen LogP contribution in [0.5, 0.6) is 11.5 Å². The van der Waals surface area contributed by atoms with E-state index >= 15 is 0 Å². The normalized spacial score (nSPS) is 15.4. The maximum absolute atomic E-state index is 13.1. The lowest BCUT2D eigenvalue weighted by Gasteiger charge is -2.20. The third kappa shape index (κ3) is 5.91. The van der Waals surface area contributed by atoms with Crippen LogP contribution in [0.25, 0.3) is 11.3 Å². The van der Waals surface area contributed by atoms with Crippen LogP contribution in [0.1, 0.15) is 16.7 Å². The van der Waals surface area contributed by atoms with Crippen molar-refractivity contribution in [1.29, 1.82) is 0 Å². The summed E-state index contributed by atoms with van der Waals surface area (Å²) >= 11 is 0. The Balaban J connectivity index is 1.73. The highest BCUT2D eigenvalue weighted by atomic mass is 19.1. The van der Waals surface area contributed by atoms with Gasteiger partial charge in [-0.25, -0.2) is 4.39 Å². The first kappa shape index (κ1) is 22.9. The number of benzene rings is 2. The van der Waals surface area contributed by atoms with Gasteiger partial charge in [0.05, 0.1) is 6.04 Å². The van der Waals surface area contributed by atoms with Gasteiger partial charge in [-0.1, -0.05) is 49.6 Å². The zero-order valence-corrected chi connectivity index (χ0v) is 18.9. The SMILES string of the molecule is C=C/C(=C\N(C)C)c1cccc(Oc2cccc(C(=C)NCC3C=CC(F)=CN3)c2C)c1. The van der Waals surface area contributed by atoms with Crippen LogP contribution in [0.3, 0.4) is 0 Å². The average molecular weight is 432 g/mol. The lowest BCUT2D eigenvalue weighted by molar-refractivity contribution is 0.478. The molecule has 0 bridgehead atoms. The lowest BCUT2D eigenvalue weighted by atomic mass is 10.0. The summed E-state index contributed by atoms with van der Waals surface area (Å²) in [5.74, 6) is 1.24. The summed E-state index contributed by atoms with van der Waals surface area (Å²) in [6.45, 7) is 10.7. The highest BCUT2D eigenvalue weighted by Crippen LogP contribution is 2.31. The topological polar surface area (TPSA) is 36.5 Å². The number of ether oxygens (including phenoxy) is 1. The molecule has 0 spiro atoms. The van der Waals surface area contributed by atoms with Crippen molar-refractivity contribution in [1.82, 2.24) is 15.5 Å². The van der Waals surface area contributed by atoms with Crippen LogP contribution in [0.2, 0.25) is 0 Å². The third-order valence-corrected chi connectivity index (χ3v) is 5.08. The van der Waals surface area contributed by atoms with Crippen LogP contribution in [0, 0.1) is 6.92 Å². The number of rotatable bonds is 9. The molecule has 166 valence electrons. The van der Waals surface area contributed by atoms with Crippen LogP contribution in [-0.2, 0) is 0 Å². The first-order valence-corrected chi connectivity index (χ1v) is 10.5. The molecule has 1 heterocycles. The number of halogens is 1. The van der Waals surface area contributed by atoms with E-state index < -0.39 is 0 Å². The zero-order valence-electron chi connectivity index (χ0n) is 18.9. The molecule has 1 unspecified atom stereocenters. The average Bonchev–Trinajstić information content (AvgIpc) is 2.78. The fourth-order valence-electron chi connectivity index (χ4n) is 3.40. The molecular weight excluding hydrogens is 401 g/mol. The summed E-state index contributed by atoms with van der Waals surface area (Å²) in [5.41, 5.74) is 4.80. The van der Waals surface area contributed by atoms with Crippen molar-refractivity contribution in [3.8, 4) is 11.5 Å². The van der Waals surface area contributed by atoms with E-state index in [1.165, 1.54) is 12.3 Å². The predicted molar refractivity (Wildman–Crippen MR) is 132 cm³/mol. The predicted octanol–water partition coefficient (Wildman–Crippen LogP) is 5.78. The van der Waals surface area contributed by atoms with Gasteiger partial charge in [0.15, 0.2) is 0 Å².